The van der Waals surface area contributed by atoms with Gasteiger partial charge in [-0.3, -0.25) is 0 Å². The third-order valence-electron chi connectivity index (χ3n) is 4.71. The van der Waals surface area contributed by atoms with E-state index in [0.717, 1.165) is 12.8 Å². The number of hydrogen-bond acceptors (Lipinski definition) is 7. The first-order valence-corrected chi connectivity index (χ1v) is 11.3. The number of aliphatic hydroxyl groups excluding tert-OH is 1. The second-order valence-electron chi connectivity index (χ2n) is 7.25. The van der Waals surface area contributed by atoms with Crippen LogP contribution in [-0.2, 0) is 20.6 Å². The minimum absolute atomic E-state index is 0.0177. The van der Waals surface area contributed by atoms with Crippen molar-refractivity contribution in [3.63, 3.8) is 0 Å². The normalized spacial score (nSPS) is 21.7. The van der Waals surface area contributed by atoms with Crippen LogP contribution in [-0.4, -0.2) is 50.1 Å². The van der Waals surface area contributed by atoms with Crippen molar-refractivity contribution < 1.29 is 33.6 Å². The minimum atomic E-state index is -0.856. The summed E-state index contributed by atoms with van der Waals surface area (Å²) in [6, 6.07) is 1.52. The highest BCUT2D eigenvalue weighted by molar-refractivity contribution is 6.33. The van der Waals surface area contributed by atoms with Crippen LogP contribution >= 0.6 is 11.6 Å². The van der Waals surface area contributed by atoms with E-state index in [9.17, 15) is 9.90 Å². The van der Waals surface area contributed by atoms with Crippen molar-refractivity contribution in [1.82, 2.24) is 0 Å². The Balaban J connectivity index is 2.53. The molecule has 1 aliphatic rings. The van der Waals surface area contributed by atoms with Crippen LogP contribution in [0.3, 0.4) is 0 Å². The molecule has 0 bridgehead atoms. The van der Waals surface area contributed by atoms with Crippen LogP contribution in [0.1, 0.15) is 56.0 Å². The maximum atomic E-state index is 13.2. The predicted octanol–water partition coefficient (Wildman–Crippen LogP) is 4.83. The lowest BCUT2D eigenvalue weighted by molar-refractivity contribution is 0.0160. The van der Waals surface area contributed by atoms with Crippen LogP contribution in [0.25, 0.3) is 0 Å². The lowest BCUT2D eigenvalue weighted by Gasteiger charge is -2.21. The van der Waals surface area contributed by atoms with E-state index >= 15 is 0 Å². The van der Waals surface area contributed by atoms with E-state index in [1.54, 1.807) is 6.08 Å². The fraction of sp³-hybridized carbons (Fsp3) is 0.542. The van der Waals surface area contributed by atoms with Gasteiger partial charge in [-0.1, -0.05) is 35.9 Å². The number of allylic oxidation sites excluding steroid dienone is 2. The average Bonchev–Trinajstić information content (AvgIpc) is 2.75. The maximum Gasteiger partial charge on any atom is 0.342 e. The van der Waals surface area contributed by atoms with Crippen molar-refractivity contribution in [2.75, 3.05) is 26.8 Å². The molecule has 0 fully saturated rings. The molecule has 0 amide bonds. The number of hydrogen-bond donors (Lipinski definition) is 1. The van der Waals surface area contributed by atoms with Gasteiger partial charge in [0.1, 0.15) is 23.2 Å². The summed E-state index contributed by atoms with van der Waals surface area (Å²) in [5.41, 5.74) is 0.535. The summed E-state index contributed by atoms with van der Waals surface area (Å²) < 4.78 is 27.6. The summed E-state index contributed by atoms with van der Waals surface area (Å²) in [6.07, 6.45) is 8.74. The maximum absolute atomic E-state index is 13.2. The van der Waals surface area contributed by atoms with Crippen molar-refractivity contribution >= 4 is 17.6 Å². The first kappa shape index (κ1) is 26.2. The minimum Gasteiger partial charge on any atom is -0.466 e. The van der Waals surface area contributed by atoms with E-state index in [2.05, 4.69) is 0 Å². The first-order valence-electron chi connectivity index (χ1n) is 10.9. The Bertz CT molecular complexity index is 791. The number of ether oxygens (including phenoxy) is 5. The lowest BCUT2D eigenvalue weighted by atomic mass is 9.99. The average molecular weight is 469 g/mol. The van der Waals surface area contributed by atoms with Crippen LogP contribution in [0.2, 0.25) is 5.02 Å². The van der Waals surface area contributed by atoms with E-state index in [0.29, 0.717) is 25.2 Å². The zero-order valence-electron chi connectivity index (χ0n) is 19.0. The summed E-state index contributed by atoms with van der Waals surface area (Å²) in [5, 5.41) is 10.8. The number of carbonyl (C=O) groups excluding carboxylic acids is 1. The largest absolute Gasteiger partial charge is 0.466 e. The summed E-state index contributed by atoms with van der Waals surface area (Å²) in [6.45, 7) is 6.34. The van der Waals surface area contributed by atoms with Crippen molar-refractivity contribution in [2.24, 2.45) is 0 Å². The van der Waals surface area contributed by atoms with Crippen molar-refractivity contribution in [3.8, 4) is 11.5 Å². The number of rotatable bonds is 8. The molecule has 1 aromatic rings. The topological polar surface area (TPSA) is 83.5 Å². The Morgan fingerprint density at radius 1 is 1.06 bits per heavy atom. The first-order chi connectivity index (χ1) is 15.5. The molecule has 0 radical (unpaired) electrons. The van der Waals surface area contributed by atoms with Gasteiger partial charge in [-0.25, -0.2) is 4.79 Å². The molecule has 1 unspecified atom stereocenters. The highest BCUT2D eigenvalue weighted by atomic mass is 35.5. The second kappa shape index (κ2) is 14.2. The molecule has 0 saturated carbocycles. The number of halogens is 1. The van der Waals surface area contributed by atoms with Gasteiger partial charge in [0, 0.05) is 32.1 Å². The molecular weight excluding hydrogens is 436 g/mol. The van der Waals surface area contributed by atoms with E-state index in [4.69, 9.17) is 35.3 Å². The molecule has 0 spiro atoms. The molecule has 0 saturated heterocycles. The van der Waals surface area contributed by atoms with Gasteiger partial charge in [0.25, 0.3) is 0 Å². The van der Waals surface area contributed by atoms with Gasteiger partial charge in [0.05, 0.1) is 11.1 Å². The SMILES string of the molecule is CCOCOc1cc(OCOCC)c2c(c1Cl)CC(O)/C=C/CC/C=C/C[C@@H](C)OC2=O. The summed E-state index contributed by atoms with van der Waals surface area (Å²) >= 11 is 6.64. The zero-order chi connectivity index (χ0) is 23.3. The van der Waals surface area contributed by atoms with Gasteiger partial charge in [-0.15, -0.1) is 0 Å². The predicted molar refractivity (Wildman–Crippen MR) is 122 cm³/mol. The van der Waals surface area contributed by atoms with Crippen LogP contribution in [0.15, 0.2) is 30.4 Å². The Hall–Kier alpha value is -2.06. The molecule has 8 heteroatoms. The molecule has 1 heterocycles. The highest BCUT2D eigenvalue weighted by Crippen LogP contribution is 2.39. The van der Waals surface area contributed by atoms with Gasteiger partial charge in [-0.05, 0) is 39.2 Å². The standard InChI is InChI=1S/C24H33ClO7/c1-4-28-15-30-20-14-21(31-16-29-5-2)23(25)19-13-18(26)12-10-8-6-7-9-11-17(3)32-24(27)22(19)20/h7,9-10,12,14,17-18,26H,4-6,8,11,13,15-16H2,1-3H3/b9-7+,12-10+/t17-,18?/m1/s1. The third-order valence-corrected chi connectivity index (χ3v) is 5.13. The van der Waals surface area contributed by atoms with Gasteiger partial charge in [0.2, 0.25) is 0 Å². The van der Waals surface area contributed by atoms with Gasteiger partial charge in [-0.2, -0.15) is 0 Å². The highest BCUT2D eigenvalue weighted by Gasteiger charge is 2.27. The lowest BCUT2D eigenvalue weighted by Crippen LogP contribution is -2.20. The molecule has 1 aromatic carbocycles. The summed E-state index contributed by atoms with van der Waals surface area (Å²) in [5.74, 6) is -0.0919. The smallest absolute Gasteiger partial charge is 0.342 e. The molecule has 2 rings (SSSR count). The summed E-state index contributed by atoms with van der Waals surface area (Å²) in [7, 11) is 0. The Labute approximate surface area is 194 Å². The van der Waals surface area contributed by atoms with Crippen LogP contribution < -0.4 is 9.47 Å². The fourth-order valence-corrected chi connectivity index (χ4v) is 3.37. The fourth-order valence-electron chi connectivity index (χ4n) is 3.09. The van der Waals surface area contributed by atoms with E-state index in [-0.39, 0.29) is 48.2 Å². The number of esters is 1. The molecule has 0 aromatic heterocycles. The molecular formula is C24H33ClO7. The van der Waals surface area contributed by atoms with E-state index in [1.807, 2.05) is 39.0 Å². The number of cyclic esters (lactones) is 1. The van der Waals surface area contributed by atoms with Crippen LogP contribution in [0.4, 0.5) is 0 Å². The van der Waals surface area contributed by atoms with Gasteiger partial charge < -0.3 is 28.8 Å². The Morgan fingerprint density at radius 2 is 1.72 bits per heavy atom. The van der Waals surface area contributed by atoms with E-state index < -0.39 is 12.1 Å². The van der Waals surface area contributed by atoms with Crippen molar-refractivity contribution in [1.29, 1.82) is 0 Å². The Kier molecular flexibility index (Phi) is 11.6. The number of benzene rings is 1. The molecule has 32 heavy (non-hydrogen) atoms. The summed E-state index contributed by atoms with van der Waals surface area (Å²) in [4.78, 5) is 13.2. The number of carbonyl (C=O) groups is 1. The molecule has 7 nitrogen and oxygen atoms in total. The van der Waals surface area contributed by atoms with Gasteiger partial charge in [0.15, 0.2) is 13.6 Å². The van der Waals surface area contributed by atoms with Crippen molar-refractivity contribution in [2.45, 2.75) is 58.7 Å². The number of fused-ring (bicyclic) bond motifs is 1. The Morgan fingerprint density at radius 3 is 2.41 bits per heavy atom. The quantitative estimate of drug-likeness (QED) is 0.253. The molecule has 178 valence electrons. The van der Waals surface area contributed by atoms with E-state index in [1.165, 1.54) is 6.07 Å². The van der Waals surface area contributed by atoms with Crippen LogP contribution in [0.5, 0.6) is 11.5 Å². The second-order valence-corrected chi connectivity index (χ2v) is 7.63. The monoisotopic (exact) mass is 468 g/mol. The molecule has 1 N–H and O–H groups in total. The zero-order valence-corrected chi connectivity index (χ0v) is 19.7. The van der Waals surface area contributed by atoms with Crippen LogP contribution in [0, 0.1) is 0 Å². The third kappa shape index (κ3) is 8.13. The molecule has 1 aliphatic heterocycles. The molecule has 0 aliphatic carbocycles. The number of aliphatic hydroxyl groups is 1. The molecule has 2 atom stereocenters. The van der Waals surface area contributed by atoms with Crippen molar-refractivity contribution in [3.05, 3.63) is 46.5 Å². The van der Waals surface area contributed by atoms with Gasteiger partial charge >= 0.3 is 5.97 Å².